The van der Waals surface area contributed by atoms with E-state index in [2.05, 4.69) is 15.6 Å². The van der Waals surface area contributed by atoms with Gasteiger partial charge in [0.05, 0.1) is 17.1 Å². The van der Waals surface area contributed by atoms with E-state index in [1.807, 2.05) is 19.1 Å². The monoisotopic (exact) mass is 394 g/mol. The van der Waals surface area contributed by atoms with E-state index in [0.29, 0.717) is 37.7 Å². The SMILES string of the molecule is CC(=O)NCc1ccc(-c2nc(NC(=O)C3(N)CCOCC3)sc2C)s1. The van der Waals surface area contributed by atoms with Crippen LogP contribution in [0.1, 0.15) is 29.5 Å². The summed E-state index contributed by atoms with van der Waals surface area (Å²) in [5.41, 5.74) is 6.17. The number of rotatable bonds is 5. The zero-order valence-corrected chi connectivity index (χ0v) is 16.4. The van der Waals surface area contributed by atoms with E-state index in [0.717, 1.165) is 20.3 Å². The van der Waals surface area contributed by atoms with Gasteiger partial charge in [0.25, 0.3) is 0 Å². The number of carbonyl (C=O) groups excluding carboxylic acids is 2. The lowest BCUT2D eigenvalue weighted by atomic mass is 9.90. The van der Waals surface area contributed by atoms with Gasteiger partial charge in [-0.25, -0.2) is 4.98 Å². The molecule has 140 valence electrons. The van der Waals surface area contributed by atoms with Gasteiger partial charge in [-0.2, -0.15) is 0 Å². The zero-order chi connectivity index (χ0) is 18.7. The summed E-state index contributed by atoms with van der Waals surface area (Å²) in [6.45, 7) is 4.97. The van der Waals surface area contributed by atoms with Crippen molar-refractivity contribution in [3.8, 4) is 10.6 Å². The average molecular weight is 395 g/mol. The lowest BCUT2D eigenvalue weighted by molar-refractivity contribution is -0.124. The van der Waals surface area contributed by atoms with E-state index in [4.69, 9.17) is 10.5 Å². The van der Waals surface area contributed by atoms with Gasteiger partial charge >= 0.3 is 0 Å². The first kappa shape index (κ1) is 19.0. The number of thiazole rings is 1. The number of amides is 2. The molecule has 7 nitrogen and oxygen atoms in total. The molecule has 1 aliphatic rings. The number of hydrogen-bond donors (Lipinski definition) is 3. The van der Waals surface area contributed by atoms with Crippen molar-refractivity contribution in [1.29, 1.82) is 0 Å². The van der Waals surface area contributed by atoms with Crippen molar-refractivity contribution in [2.24, 2.45) is 5.73 Å². The van der Waals surface area contributed by atoms with E-state index in [1.165, 1.54) is 18.3 Å². The summed E-state index contributed by atoms with van der Waals surface area (Å²) in [4.78, 5) is 31.2. The Morgan fingerprint density at radius 3 is 2.73 bits per heavy atom. The number of aryl methyl sites for hydroxylation is 1. The summed E-state index contributed by atoms with van der Waals surface area (Å²) in [6, 6.07) is 3.96. The molecule has 1 aliphatic heterocycles. The summed E-state index contributed by atoms with van der Waals surface area (Å²) in [7, 11) is 0. The molecule has 0 aliphatic carbocycles. The van der Waals surface area contributed by atoms with Gasteiger partial charge in [0.15, 0.2) is 5.13 Å². The number of carbonyl (C=O) groups is 2. The molecule has 0 radical (unpaired) electrons. The highest BCUT2D eigenvalue weighted by molar-refractivity contribution is 7.18. The minimum absolute atomic E-state index is 0.0568. The fourth-order valence-corrected chi connectivity index (χ4v) is 4.56. The van der Waals surface area contributed by atoms with Crippen LogP contribution in [-0.2, 0) is 20.9 Å². The topological polar surface area (TPSA) is 106 Å². The Kier molecular flexibility index (Phi) is 5.71. The molecule has 0 spiro atoms. The molecule has 3 rings (SSSR count). The summed E-state index contributed by atoms with van der Waals surface area (Å²) in [5, 5.41) is 6.20. The lowest BCUT2D eigenvalue weighted by Crippen LogP contribution is -2.54. The van der Waals surface area contributed by atoms with E-state index in [1.54, 1.807) is 11.3 Å². The van der Waals surface area contributed by atoms with Crippen LogP contribution < -0.4 is 16.4 Å². The quantitative estimate of drug-likeness (QED) is 0.721. The molecule has 2 amide bonds. The maximum atomic E-state index is 12.5. The number of aromatic nitrogens is 1. The van der Waals surface area contributed by atoms with E-state index < -0.39 is 5.54 Å². The minimum Gasteiger partial charge on any atom is -0.381 e. The molecule has 3 heterocycles. The summed E-state index contributed by atoms with van der Waals surface area (Å²) >= 11 is 3.01. The number of nitrogens with one attached hydrogen (secondary N) is 2. The van der Waals surface area contributed by atoms with Crippen LogP contribution in [0.4, 0.5) is 5.13 Å². The smallest absolute Gasteiger partial charge is 0.246 e. The molecule has 0 unspecified atom stereocenters. The van der Waals surface area contributed by atoms with Crippen LogP contribution in [0.5, 0.6) is 0 Å². The summed E-state index contributed by atoms with van der Waals surface area (Å²) in [6.07, 6.45) is 1.01. The van der Waals surface area contributed by atoms with Crippen LogP contribution in [-0.4, -0.2) is 35.6 Å². The van der Waals surface area contributed by atoms with Crippen molar-refractivity contribution in [3.05, 3.63) is 21.9 Å². The van der Waals surface area contributed by atoms with Crippen molar-refractivity contribution in [2.45, 2.75) is 38.8 Å². The first-order chi connectivity index (χ1) is 12.4. The van der Waals surface area contributed by atoms with Crippen LogP contribution in [0.3, 0.4) is 0 Å². The average Bonchev–Trinajstić information content (AvgIpc) is 3.20. The van der Waals surface area contributed by atoms with Gasteiger partial charge in [0.1, 0.15) is 5.54 Å². The Morgan fingerprint density at radius 2 is 2.04 bits per heavy atom. The van der Waals surface area contributed by atoms with Crippen molar-refractivity contribution in [2.75, 3.05) is 18.5 Å². The molecule has 4 N–H and O–H groups in total. The molecule has 2 aromatic rings. The Morgan fingerprint density at radius 1 is 1.31 bits per heavy atom. The fraction of sp³-hybridized carbons (Fsp3) is 0.471. The van der Waals surface area contributed by atoms with Gasteiger partial charge in [-0.05, 0) is 31.9 Å². The third kappa shape index (κ3) is 4.29. The largest absolute Gasteiger partial charge is 0.381 e. The highest BCUT2D eigenvalue weighted by Gasteiger charge is 2.36. The number of hydrogen-bond acceptors (Lipinski definition) is 7. The number of anilines is 1. The van der Waals surface area contributed by atoms with Gasteiger partial charge in [-0.15, -0.1) is 22.7 Å². The highest BCUT2D eigenvalue weighted by Crippen LogP contribution is 2.35. The number of ether oxygens (including phenoxy) is 1. The minimum atomic E-state index is -0.896. The zero-order valence-electron chi connectivity index (χ0n) is 14.8. The lowest BCUT2D eigenvalue weighted by Gasteiger charge is -2.31. The Hall–Kier alpha value is -1.81. The van der Waals surface area contributed by atoms with Crippen molar-refractivity contribution in [3.63, 3.8) is 0 Å². The second-order valence-electron chi connectivity index (χ2n) is 6.32. The van der Waals surface area contributed by atoms with Crippen LogP contribution in [0.2, 0.25) is 0 Å². The maximum absolute atomic E-state index is 12.5. The van der Waals surface area contributed by atoms with Gasteiger partial charge in [-0.3, -0.25) is 9.59 Å². The number of nitrogens with zero attached hydrogens (tertiary/aromatic N) is 1. The molecule has 0 atom stereocenters. The van der Waals surface area contributed by atoms with Crippen molar-refractivity contribution >= 4 is 39.6 Å². The first-order valence-corrected chi connectivity index (χ1v) is 10.00. The number of thiophene rings is 1. The van der Waals surface area contributed by atoms with E-state index in [-0.39, 0.29) is 11.8 Å². The molecule has 1 saturated heterocycles. The molecule has 0 bridgehead atoms. The van der Waals surface area contributed by atoms with Gasteiger partial charge < -0.3 is 21.1 Å². The van der Waals surface area contributed by atoms with Gasteiger partial charge in [0, 0.05) is 29.9 Å². The Bertz CT molecular complexity index is 809. The molecule has 26 heavy (non-hydrogen) atoms. The van der Waals surface area contributed by atoms with Gasteiger partial charge in [0.2, 0.25) is 11.8 Å². The van der Waals surface area contributed by atoms with Gasteiger partial charge in [-0.1, -0.05) is 0 Å². The standard InChI is InChI=1S/C17H22N4O3S2/c1-10-14(13-4-3-12(26-13)9-19-11(2)22)20-16(25-10)21-15(23)17(18)5-7-24-8-6-17/h3-4H,5-9,18H2,1-2H3,(H,19,22)(H,20,21,23). The molecule has 0 aromatic carbocycles. The van der Waals surface area contributed by atoms with Crippen LogP contribution in [0, 0.1) is 6.92 Å². The van der Waals surface area contributed by atoms with Crippen molar-refractivity contribution < 1.29 is 14.3 Å². The predicted octanol–water partition coefficient (Wildman–Crippen LogP) is 2.26. The third-order valence-electron chi connectivity index (χ3n) is 4.26. The Labute approximate surface area is 160 Å². The van der Waals surface area contributed by atoms with E-state index >= 15 is 0 Å². The first-order valence-electron chi connectivity index (χ1n) is 8.36. The fourth-order valence-electron chi connectivity index (χ4n) is 2.67. The second-order valence-corrected chi connectivity index (χ2v) is 8.69. The molecule has 9 heteroatoms. The normalized spacial score (nSPS) is 16.3. The molecular weight excluding hydrogens is 372 g/mol. The molecular formula is C17H22N4O3S2. The van der Waals surface area contributed by atoms with E-state index in [9.17, 15) is 9.59 Å². The number of nitrogens with two attached hydrogens (primary N) is 1. The summed E-state index contributed by atoms with van der Waals surface area (Å²) in [5.74, 6) is -0.266. The molecule has 0 saturated carbocycles. The highest BCUT2D eigenvalue weighted by atomic mass is 32.1. The van der Waals surface area contributed by atoms with Crippen LogP contribution in [0.25, 0.3) is 10.6 Å². The Balaban J connectivity index is 1.71. The van der Waals surface area contributed by atoms with Crippen molar-refractivity contribution in [1.82, 2.24) is 10.3 Å². The third-order valence-corrected chi connectivity index (χ3v) is 6.24. The molecule has 1 fully saturated rings. The predicted molar refractivity (Wildman–Crippen MR) is 103 cm³/mol. The van der Waals surface area contributed by atoms with Crippen LogP contribution >= 0.6 is 22.7 Å². The summed E-state index contributed by atoms with van der Waals surface area (Å²) < 4.78 is 5.29. The molecule has 2 aromatic heterocycles. The second kappa shape index (κ2) is 7.83. The maximum Gasteiger partial charge on any atom is 0.246 e. The van der Waals surface area contributed by atoms with Crippen LogP contribution in [0.15, 0.2) is 12.1 Å².